The van der Waals surface area contributed by atoms with Crippen LogP contribution in [-0.4, -0.2) is 17.9 Å². The first kappa shape index (κ1) is 30.2. The minimum absolute atomic E-state index is 0. The Balaban J connectivity index is -0.0000000279. The van der Waals surface area contributed by atoms with Gasteiger partial charge in [0.25, 0.3) is 0 Å². The number of aliphatic carboxylic acids is 3. The smallest absolute Gasteiger partial charge is 0.0870 e. The zero-order chi connectivity index (χ0) is 8.73. The van der Waals surface area contributed by atoms with Gasteiger partial charge in [-0.2, -0.15) is 0 Å². The molecule has 12 N–H and O–H groups in total. The molecule has 9 heteroatoms. The number of quaternary nitrogens is 3. The van der Waals surface area contributed by atoms with Gasteiger partial charge < -0.3 is 48.2 Å². The molecule has 0 heterocycles. The fourth-order valence-electron chi connectivity index (χ4n) is 0. The largest absolute Gasteiger partial charge is 0.550 e. The number of hydrogen-bond donors (Lipinski definition) is 3. The Morgan fingerprint density at radius 3 is 0.846 bits per heavy atom. The van der Waals surface area contributed by atoms with Gasteiger partial charge in [0.05, 0.1) is 11.9 Å². The van der Waals surface area contributed by atoms with E-state index < -0.39 is 17.9 Å². The fourth-order valence-corrected chi connectivity index (χ4v) is 0. The van der Waals surface area contributed by atoms with Crippen molar-refractivity contribution in [1.29, 1.82) is 0 Å². The van der Waals surface area contributed by atoms with E-state index in [9.17, 15) is 0 Å². The molecule has 82 valence electrons. The van der Waals surface area contributed by atoms with E-state index in [0.717, 1.165) is 6.92 Å². The SMILES string of the molecule is CC(=O)[O-].O=C([O-])C(=O)[O-].[NH4+].[NH4+].[NH4+]. The van der Waals surface area contributed by atoms with E-state index in [1.165, 1.54) is 0 Å². The van der Waals surface area contributed by atoms with Crippen molar-refractivity contribution >= 4 is 17.9 Å². The summed E-state index contributed by atoms with van der Waals surface area (Å²) in [5.41, 5.74) is 0. The molecule has 9 nitrogen and oxygen atoms in total. The molecule has 0 rings (SSSR count). The minimum atomic E-state index is -2.19. The van der Waals surface area contributed by atoms with Crippen LogP contribution in [0.5, 0.6) is 0 Å². The summed E-state index contributed by atoms with van der Waals surface area (Å²) < 4.78 is 0. The van der Waals surface area contributed by atoms with Crippen LogP contribution in [0.4, 0.5) is 0 Å². The molecule has 0 fully saturated rings. The highest BCUT2D eigenvalue weighted by Gasteiger charge is 1.74. The van der Waals surface area contributed by atoms with Crippen molar-refractivity contribution < 1.29 is 29.7 Å². The first-order valence-corrected chi connectivity index (χ1v) is 1.97. The molecule has 0 spiro atoms. The minimum Gasteiger partial charge on any atom is -0.550 e. The Bertz CT molecular complexity index is 142. The first-order chi connectivity index (χ1) is 4.37. The van der Waals surface area contributed by atoms with Crippen molar-refractivity contribution in [2.45, 2.75) is 6.92 Å². The van der Waals surface area contributed by atoms with Gasteiger partial charge in [-0.1, -0.05) is 0 Å². The summed E-state index contributed by atoms with van der Waals surface area (Å²) in [5.74, 6) is -5.45. The van der Waals surface area contributed by atoms with Gasteiger partial charge in [-0.3, -0.25) is 0 Å². The lowest BCUT2D eigenvalue weighted by atomic mass is 10.7. The number of carbonyl (C=O) groups excluding carboxylic acids is 3. The van der Waals surface area contributed by atoms with Crippen molar-refractivity contribution in [3.63, 3.8) is 0 Å². The molecule has 0 aromatic heterocycles. The van der Waals surface area contributed by atoms with Crippen molar-refractivity contribution in [3.8, 4) is 0 Å². The number of carboxylic acids is 3. The van der Waals surface area contributed by atoms with E-state index >= 15 is 0 Å². The van der Waals surface area contributed by atoms with Crippen LogP contribution in [-0.2, 0) is 14.4 Å². The van der Waals surface area contributed by atoms with Crippen LogP contribution >= 0.6 is 0 Å². The van der Waals surface area contributed by atoms with Crippen molar-refractivity contribution in [1.82, 2.24) is 18.5 Å². The average molecular weight is 201 g/mol. The summed E-state index contributed by atoms with van der Waals surface area (Å²) in [6.07, 6.45) is 0. The fraction of sp³-hybridized carbons (Fsp3) is 0.250. The maximum atomic E-state index is 8.93. The monoisotopic (exact) mass is 201 g/mol. The van der Waals surface area contributed by atoms with E-state index in [1.807, 2.05) is 0 Å². The predicted molar refractivity (Wildman–Crippen MR) is 38.6 cm³/mol. The number of carboxylic acid groups (broad SMARTS) is 3. The van der Waals surface area contributed by atoms with Crippen LogP contribution in [0.1, 0.15) is 6.92 Å². The molecule has 0 radical (unpaired) electrons. The molecular weight excluding hydrogens is 186 g/mol. The van der Waals surface area contributed by atoms with Gasteiger partial charge in [0.2, 0.25) is 0 Å². The first-order valence-electron chi connectivity index (χ1n) is 1.97. The summed E-state index contributed by atoms with van der Waals surface area (Å²) in [6, 6.07) is 0. The Morgan fingerprint density at radius 2 is 0.846 bits per heavy atom. The van der Waals surface area contributed by atoms with Crippen molar-refractivity contribution in [2.24, 2.45) is 0 Å². The van der Waals surface area contributed by atoms with Crippen LogP contribution in [0.25, 0.3) is 0 Å². The third-order valence-corrected chi connectivity index (χ3v) is 0.167. The maximum absolute atomic E-state index is 8.93. The average Bonchev–Trinajstić information content (AvgIpc) is 1.63. The van der Waals surface area contributed by atoms with Crippen LogP contribution in [0.3, 0.4) is 0 Å². The molecule has 0 saturated heterocycles. The Morgan fingerprint density at radius 1 is 0.769 bits per heavy atom. The van der Waals surface area contributed by atoms with Crippen LogP contribution in [0, 0.1) is 0 Å². The molecule has 0 aromatic rings. The highest BCUT2D eigenvalue weighted by molar-refractivity contribution is 6.25. The third-order valence-electron chi connectivity index (χ3n) is 0.167. The second-order valence-electron chi connectivity index (χ2n) is 1.07. The third kappa shape index (κ3) is 135. The molecule has 0 aliphatic heterocycles. The number of rotatable bonds is 0. The lowest BCUT2D eigenvalue weighted by Gasteiger charge is -1.97. The lowest BCUT2D eigenvalue weighted by Crippen LogP contribution is -2.42. The molecule has 0 saturated carbocycles. The summed E-state index contributed by atoms with van der Waals surface area (Å²) in [6.45, 7) is 0.972. The molecule has 0 aromatic carbocycles. The topological polar surface area (TPSA) is 230 Å². The second-order valence-corrected chi connectivity index (χ2v) is 1.07. The molecule has 0 unspecified atom stereocenters. The van der Waals surface area contributed by atoms with Gasteiger partial charge in [0, 0.05) is 5.97 Å². The standard InChI is InChI=1S/C2H2O4.C2H4O2.3H3N/c3-1(4)2(5)6;1-2(3)4;;;/h(H,3,4)(H,5,6);1H3,(H,3,4);3*1H3. The zero-order valence-electron chi connectivity index (χ0n) is 7.95. The van der Waals surface area contributed by atoms with Gasteiger partial charge >= 0.3 is 0 Å². The molecule has 13 heavy (non-hydrogen) atoms. The van der Waals surface area contributed by atoms with Crippen LogP contribution in [0.15, 0.2) is 0 Å². The van der Waals surface area contributed by atoms with Gasteiger partial charge in [0.1, 0.15) is 0 Å². The highest BCUT2D eigenvalue weighted by Crippen LogP contribution is 1.41. The Kier molecular flexibility index (Phi) is 38.8. The zero-order valence-corrected chi connectivity index (χ0v) is 7.95. The number of hydrogen-bond acceptors (Lipinski definition) is 6. The summed E-state index contributed by atoms with van der Waals surface area (Å²) in [5, 5.41) is 26.7. The van der Waals surface area contributed by atoms with Crippen molar-refractivity contribution in [3.05, 3.63) is 0 Å². The lowest BCUT2D eigenvalue weighted by molar-refractivity contribution is -0.345. The summed E-state index contributed by atoms with van der Waals surface area (Å²) in [4.78, 5) is 26.7. The van der Waals surface area contributed by atoms with Crippen LogP contribution < -0.4 is 33.8 Å². The Labute approximate surface area is 74.1 Å². The second kappa shape index (κ2) is 16.7. The van der Waals surface area contributed by atoms with E-state index in [1.54, 1.807) is 0 Å². The highest BCUT2D eigenvalue weighted by atomic mass is 16.4. The maximum Gasteiger partial charge on any atom is 0.0870 e. The normalized spacial score (nSPS) is 5.31. The van der Waals surface area contributed by atoms with Gasteiger partial charge in [-0.15, -0.1) is 0 Å². The van der Waals surface area contributed by atoms with Gasteiger partial charge in [-0.25, -0.2) is 0 Å². The molecule has 0 atom stereocenters. The van der Waals surface area contributed by atoms with Gasteiger partial charge in [0.15, 0.2) is 0 Å². The molecule has 0 aliphatic rings. The molecular formula is C4H15N3O6. The van der Waals surface area contributed by atoms with E-state index in [0.29, 0.717) is 0 Å². The van der Waals surface area contributed by atoms with E-state index in [2.05, 4.69) is 0 Å². The summed E-state index contributed by atoms with van der Waals surface area (Å²) in [7, 11) is 0. The predicted octanol–water partition coefficient (Wildman–Crippen LogP) is -3.63. The molecule has 0 amide bonds. The van der Waals surface area contributed by atoms with Gasteiger partial charge in [-0.05, 0) is 6.92 Å². The number of carbonyl (C=O) groups is 3. The van der Waals surface area contributed by atoms with E-state index in [-0.39, 0.29) is 18.5 Å². The van der Waals surface area contributed by atoms with Crippen molar-refractivity contribution in [2.75, 3.05) is 0 Å². The van der Waals surface area contributed by atoms with E-state index in [4.69, 9.17) is 29.7 Å². The van der Waals surface area contributed by atoms with Crippen LogP contribution in [0.2, 0.25) is 0 Å². The molecule has 0 aliphatic carbocycles. The Hall–Kier alpha value is -1.71. The molecule has 0 bridgehead atoms. The summed E-state index contributed by atoms with van der Waals surface area (Å²) >= 11 is 0. The quantitative estimate of drug-likeness (QED) is 0.334.